The molecule has 0 radical (unpaired) electrons. The first-order valence-electron chi connectivity index (χ1n) is 18.2. The molecule has 0 atom stereocenters. The average molecular weight is 883 g/mol. The van der Waals surface area contributed by atoms with Crippen molar-refractivity contribution in [3.8, 4) is 23.7 Å². The van der Waals surface area contributed by atoms with Gasteiger partial charge in [0.05, 0.1) is 56.1 Å². The van der Waals surface area contributed by atoms with Gasteiger partial charge in [-0.3, -0.25) is 0 Å². The fourth-order valence-electron chi connectivity index (χ4n) is 6.04. The van der Waals surface area contributed by atoms with Crippen molar-refractivity contribution in [2.45, 2.75) is 117 Å². The van der Waals surface area contributed by atoms with E-state index in [0.29, 0.717) is 29.0 Å². The zero-order valence-electron chi connectivity index (χ0n) is 32.3. The van der Waals surface area contributed by atoms with E-state index in [0.717, 1.165) is 83.6 Å². The first-order valence-corrected chi connectivity index (χ1v) is 20.9. The number of halogens is 1. The second-order valence-electron chi connectivity index (χ2n) is 15.6. The van der Waals surface area contributed by atoms with Crippen LogP contribution in [0.25, 0.3) is 0 Å². The predicted octanol–water partition coefficient (Wildman–Crippen LogP) is 8.20. The molecule has 10 nitrogen and oxygen atoms in total. The summed E-state index contributed by atoms with van der Waals surface area (Å²) in [5, 5.41) is 3.52. The van der Waals surface area contributed by atoms with Crippen LogP contribution in [0.5, 0.6) is 0 Å². The smallest absolute Gasteiger partial charge is 0.350 e. The minimum Gasteiger partial charge on any atom is -0.465 e. The van der Waals surface area contributed by atoms with E-state index < -0.39 is 0 Å². The summed E-state index contributed by atoms with van der Waals surface area (Å²) in [7, 11) is 2.80. The molecule has 0 aromatic carbocycles. The van der Waals surface area contributed by atoms with E-state index in [9.17, 15) is 9.59 Å². The molecule has 4 heterocycles. The minimum absolute atomic E-state index is 0.0269. The van der Waals surface area contributed by atoms with Gasteiger partial charge in [-0.05, 0) is 102 Å². The van der Waals surface area contributed by atoms with E-state index in [4.69, 9.17) is 34.2 Å². The number of nitrogens with one attached hydrogen (secondary N) is 1. The number of ether oxygens (including phenoxy) is 6. The van der Waals surface area contributed by atoms with Crippen molar-refractivity contribution >= 4 is 62.9 Å². The Bertz CT molecular complexity index is 1650. The first kappa shape index (κ1) is 43.5. The molecule has 2 aliphatic carbocycles. The van der Waals surface area contributed by atoms with Crippen molar-refractivity contribution in [2.24, 2.45) is 16.6 Å². The van der Waals surface area contributed by atoms with Crippen molar-refractivity contribution < 1.29 is 38.0 Å². The van der Waals surface area contributed by atoms with Gasteiger partial charge in [-0.25, -0.2) is 9.59 Å². The number of hydrogen-bond acceptors (Lipinski definition) is 12. The molecule has 2 spiro atoms. The van der Waals surface area contributed by atoms with Gasteiger partial charge in [0, 0.05) is 52.2 Å². The van der Waals surface area contributed by atoms with Crippen molar-refractivity contribution in [1.29, 1.82) is 0 Å². The van der Waals surface area contributed by atoms with Crippen LogP contribution in [0.1, 0.15) is 122 Å². The van der Waals surface area contributed by atoms with Crippen LogP contribution in [0.3, 0.4) is 0 Å². The summed E-state index contributed by atoms with van der Waals surface area (Å²) in [5.41, 5.74) is 6.48. The summed E-state index contributed by atoms with van der Waals surface area (Å²) in [4.78, 5) is 26.5. The third kappa shape index (κ3) is 13.5. The molecular weight excluding hydrogens is 827 g/mol. The number of rotatable bonds is 4. The van der Waals surface area contributed by atoms with Crippen LogP contribution in [0, 0.1) is 38.1 Å². The topological polar surface area (TPSA) is 128 Å². The van der Waals surface area contributed by atoms with Crippen LogP contribution in [0.15, 0.2) is 12.1 Å². The van der Waals surface area contributed by atoms with Gasteiger partial charge < -0.3 is 39.5 Å². The molecule has 3 N–H and O–H groups in total. The zero-order chi connectivity index (χ0) is 38.9. The van der Waals surface area contributed by atoms with Crippen molar-refractivity contribution in [2.75, 3.05) is 46.0 Å². The Kier molecular flexibility index (Phi) is 15.7. The third-order valence-corrected chi connectivity index (χ3v) is 12.1. The monoisotopic (exact) mass is 882 g/mol. The molecule has 13 heteroatoms. The maximum atomic E-state index is 12.2. The molecule has 2 aliphatic heterocycles. The number of thiophene rings is 2. The Morgan fingerprint density at radius 1 is 0.755 bits per heavy atom. The van der Waals surface area contributed by atoms with Gasteiger partial charge in [-0.2, -0.15) is 0 Å². The Hall–Kier alpha value is -2.21. The van der Waals surface area contributed by atoms with Gasteiger partial charge in [0.2, 0.25) is 0 Å². The van der Waals surface area contributed by atoms with E-state index in [2.05, 4.69) is 93.1 Å². The van der Waals surface area contributed by atoms with Crippen molar-refractivity contribution in [3.63, 3.8) is 0 Å². The molecule has 6 rings (SSSR count). The van der Waals surface area contributed by atoms with Crippen LogP contribution in [-0.2, 0) is 28.4 Å². The molecule has 0 unspecified atom stereocenters. The fourth-order valence-corrected chi connectivity index (χ4v) is 8.83. The Labute approximate surface area is 337 Å². The van der Waals surface area contributed by atoms with E-state index in [-0.39, 0.29) is 40.4 Å². The summed E-state index contributed by atoms with van der Waals surface area (Å²) in [6.45, 7) is 15.3. The maximum Gasteiger partial charge on any atom is 0.350 e. The van der Waals surface area contributed by atoms with E-state index >= 15 is 0 Å². The van der Waals surface area contributed by atoms with Gasteiger partial charge in [0.15, 0.2) is 11.6 Å². The summed E-state index contributed by atoms with van der Waals surface area (Å²) >= 11 is 4.88. The first-order chi connectivity index (χ1) is 24.9. The lowest BCUT2D eigenvalue weighted by Crippen LogP contribution is -2.39. The lowest BCUT2D eigenvalue weighted by atomic mass is 9.90. The van der Waals surface area contributed by atoms with Crippen LogP contribution in [0.4, 0.5) is 5.69 Å². The molecule has 4 fully saturated rings. The number of hydrogen-bond donors (Lipinski definition) is 2. The zero-order valence-corrected chi connectivity index (χ0v) is 36.1. The van der Waals surface area contributed by atoms with Crippen LogP contribution in [0.2, 0.25) is 0 Å². The average Bonchev–Trinajstić information content (AvgIpc) is 3.93. The fraction of sp³-hybridized carbons (Fsp3) is 0.650. The van der Waals surface area contributed by atoms with Crippen LogP contribution < -0.4 is 11.1 Å². The SMILES string of the molecule is COC(=O)c1sc(C#CC(C)(C)C)cc1I.COC(=O)c1sc(C#CC(C)(C)C)cc1NC1CCC2(CC1)OCCO2.NC1CCC2(CC1)OCCO2. The van der Waals surface area contributed by atoms with Crippen LogP contribution in [-0.4, -0.2) is 76.2 Å². The maximum absolute atomic E-state index is 12.2. The quantitative estimate of drug-likeness (QED) is 0.176. The Morgan fingerprint density at radius 3 is 1.62 bits per heavy atom. The lowest BCUT2D eigenvalue weighted by Gasteiger charge is -2.35. The summed E-state index contributed by atoms with van der Waals surface area (Å²) < 4.78 is 33.2. The van der Waals surface area contributed by atoms with E-state index in [1.807, 2.05) is 12.1 Å². The van der Waals surface area contributed by atoms with Gasteiger partial charge in [-0.15, -0.1) is 22.7 Å². The molecule has 2 saturated heterocycles. The summed E-state index contributed by atoms with van der Waals surface area (Å²) in [5.74, 6) is 11.4. The normalized spacial score (nSPS) is 20.5. The van der Waals surface area contributed by atoms with E-state index in [1.54, 1.807) is 0 Å². The summed E-state index contributed by atoms with van der Waals surface area (Å²) in [6.07, 6.45) is 7.68. The Balaban J connectivity index is 0.000000197. The molecule has 0 amide bonds. The summed E-state index contributed by atoms with van der Waals surface area (Å²) in [6, 6.07) is 4.53. The van der Waals surface area contributed by atoms with Gasteiger partial charge >= 0.3 is 11.9 Å². The second kappa shape index (κ2) is 19.1. The Morgan fingerprint density at radius 2 is 1.17 bits per heavy atom. The molecule has 2 aromatic rings. The highest BCUT2D eigenvalue weighted by Crippen LogP contribution is 2.38. The standard InChI is InChI=1S/C20H27NO4S.C12H13IO2S.C8H15NO2/c1-19(2,3)8-7-15-13-16(17(26-15)18(22)23-4)21-14-5-9-20(10-6-14)24-11-12-25-20;1-12(2,3)6-5-8-7-9(13)10(16-8)11(14)15-4;9-7-1-3-8(4-2-7)10-5-6-11-8/h13-14,21H,5-6,9-12H2,1-4H3;7H,1-4H3;7H,1-6,9H2. The predicted molar refractivity (Wildman–Crippen MR) is 218 cm³/mol. The highest BCUT2D eigenvalue weighted by molar-refractivity contribution is 14.1. The number of carbonyl (C=O) groups is 2. The number of methoxy groups -OCH3 is 2. The minimum atomic E-state index is -0.374. The van der Waals surface area contributed by atoms with Crippen molar-refractivity contribution in [3.05, 3.63) is 35.2 Å². The molecule has 292 valence electrons. The molecular formula is C40H55IN2O8S2. The highest BCUT2D eigenvalue weighted by Gasteiger charge is 2.41. The second-order valence-corrected chi connectivity index (χ2v) is 18.9. The largest absolute Gasteiger partial charge is 0.465 e. The van der Waals surface area contributed by atoms with Gasteiger partial charge in [0.1, 0.15) is 9.75 Å². The number of anilines is 1. The molecule has 4 aliphatic rings. The van der Waals surface area contributed by atoms with Crippen LogP contribution >= 0.6 is 45.3 Å². The number of carbonyl (C=O) groups excluding carboxylic acids is 2. The highest BCUT2D eigenvalue weighted by atomic mass is 127. The van der Waals surface area contributed by atoms with Crippen molar-refractivity contribution in [1.82, 2.24) is 0 Å². The number of esters is 2. The molecule has 2 aromatic heterocycles. The number of nitrogens with two attached hydrogens (primary N) is 1. The van der Waals surface area contributed by atoms with Gasteiger partial charge in [0.25, 0.3) is 0 Å². The lowest BCUT2D eigenvalue weighted by molar-refractivity contribution is -0.178. The molecule has 2 saturated carbocycles. The van der Waals surface area contributed by atoms with Gasteiger partial charge in [-0.1, -0.05) is 23.7 Å². The van der Waals surface area contributed by atoms with E-state index in [1.165, 1.54) is 36.9 Å². The third-order valence-electron chi connectivity index (χ3n) is 8.81. The molecule has 53 heavy (non-hydrogen) atoms. The molecule has 0 bridgehead atoms.